The Morgan fingerprint density at radius 1 is 1.08 bits per heavy atom. The van der Waals surface area contributed by atoms with E-state index in [0.29, 0.717) is 5.92 Å². The molecule has 0 radical (unpaired) electrons. The highest BCUT2D eigenvalue weighted by atomic mass is 16.5. The Labute approximate surface area is 155 Å². The summed E-state index contributed by atoms with van der Waals surface area (Å²) in [5.74, 6) is 2.63. The Morgan fingerprint density at radius 2 is 1.96 bits per heavy atom. The van der Waals surface area contributed by atoms with Gasteiger partial charge in [0.15, 0.2) is 0 Å². The van der Waals surface area contributed by atoms with Crippen molar-refractivity contribution in [1.29, 1.82) is 0 Å². The van der Waals surface area contributed by atoms with Crippen molar-refractivity contribution >= 4 is 0 Å². The molecule has 0 bridgehead atoms. The molecule has 140 valence electrons. The molecular weight excluding hydrogens is 328 g/mol. The average Bonchev–Trinajstić information content (AvgIpc) is 3.04. The third-order valence-electron chi connectivity index (χ3n) is 5.45. The zero-order valence-corrected chi connectivity index (χ0v) is 15.5. The first-order valence-electron chi connectivity index (χ1n) is 9.60. The van der Waals surface area contributed by atoms with E-state index in [1.807, 2.05) is 12.3 Å². The van der Waals surface area contributed by atoms with Gasteiger partial charge in [-0.1, -0.05) is 6.07 Å². The molecule has 7 nitrogen and oxygen atoms in total. The molecule has 0 spiro atoms. The lowest BCUT2D eigenvalue weighted by atomic mass is 9.97. The van der Waals surface area contributed by atoms with Gasteiger partial charge in [0.1, 0.15) is 11.6 Å². The van der Waals surface area contributed by atoms with E-state index in [4.69, 9.17) is 4.74 Å². The second kappa shape index (κ2) is 8.24. The van der Waals surface area contributed by atoms with Crippen LogP contribution in [0.2, 0.25) is 0 Å². The highest BCUT2D eigenvalue weighted by molar-refractivity contribution is 5.07. The number of nitrogens with zero attached hydrogens (tertiary/aromatic N) is 6. The minimum absolute atomic E-state index is 0.448. The molecule has 26 heavy (non-hydrogen) atoms. The number of ether oxygens (including phenoxy) is 1. The maximum Gasteiger partial charge on any atom is 0.146 e. The highest BCUT2D eigenvalue weighted by Gasteiger charge is 2.26. The Bertz CT molecular complexity index is 697. The lowest BCUT2D eigenvalue weighted by Crippen LogP contribution is -2.36. The lowest BCUT2D eigenvalue weighted by molar-refractivity contribution is 0.0326. The van der Waals surface area contributed by atoms with Gasteiger partial charge in [-0.2, -0.15) is 0 Å². The zero-order chi connectivity index (χ0) is 17.8. The third kappa shape index (κ3) is 4.11. The van der Waals surface area contributed by atoms with E-state index in [1.54, 1.807) is 0 Å². The summed E-state index contributed by atoms with van der Waals surface area (Å²) in [6, 6.07) is 6.13. The predicted molar refractivity (Wildman–Crippen MR) is 98.6 cm³/mol. The summed E-state index contributed by atoms with van der Waals surface area (Å²) in [6.07, 6.45) is 4.25. The monoisotopic (exact) mass is 356 g/mol. The van der Waals surface area contributed by atoms with Crippen molar-refractivity contribution in [2.24, 2.45) is 7.05 Å². The molecule has 0 amide bonds. The summed E-state index contributed by atoms with van der Waals surface area (Å²) in [4.78, 5) is 9.35. The van der Waals surface area contributed by atoms with Crippen LogP contribution in [0.5, 0.6) is 0 Å². The first-order valence-corrected chi connectivity index (χ1v) is 9.60. The molecule has 2 aliphatic rings. The smallest absolute Gasteiger partial charge is 0.146 e. The second-order valence-electron chi connectivity index (χ2n) is 7.32. The number of aromatic nitrogens is 4. The molecule has 4 rings (SSSR count). The van der Waals surface area contributed by atoms with Crippen molar-refractivity contribution in [3.8, 4) is 0 Å². The predicted octanol–water partition coefficient (Wildman–Crippen LogP) is 1.42. The van der Waals surface area contributed by atoms with Crippen molar-refractivity contribution in [2.75, 3.05) is 39.4 Å². The van der Waals surface area contributed by atoms with Crippen LogP contribution in [0.1, 0.15) is 36.1 Å². The van der Waals surface area contributed by atoms with Crippen molar-refractivity contribution in [1.82, 2.24) is 29.5 Å². The number of hydrogen-bond acceptors (Lipinski definition) is 6. The van der Waals surface area contributed by atoms with Crippen molar-refractivity contribution in [3.05, 3.63) is 41.7 Å². The standard InChI is InChI=1S/C19H28N6O/c1-23-18(15-24-9-11-26-12-10-24)21-22-19(23)16-5-4-8-25(13-16)14-17-6-2-3-7-20-17/h2-3,6-7,16H,4-5,8-15H2,1H3/t16-/m1/s1. The molecule has 2 saturated heterocycles. The van der Waals surface area contributed by atoms with Crippen LogP contribution in [0, 0.1) is 0 Å². The van der Waals surface area contributed by atoms with E-state index < -0.39 is 0 Å². The molecule has 0 aliphatic carbocycles. The van der Waals surface area contributed by atoms with Gasteiger partial charge in [-0.05, 0) is 31.5 Å². The Kier molecular flexibility index (Phi) is 5.57. The maximum absolute atomic E-state index is 5.43. The maximum atomic E-state index is 5.43. The summed E-state index contributed by atoms with van der Waals surface area (Å²) in [7, 11) is 2.11. The van der Waals surface area contributed by atoms with Gasteiger partial charge in [0.05, 0.1) is 25.5 Å². The van der Waals surface area contributed by atoms with Crippen LogP contribution in [0.25, 0.3) is 0 Å². The fourth-order valence-electron chi connectivity index (χ4n) is 3.96. The van der Waals surface area contributed by atoms with Crippen molar-refractivity contribution in [3.63, 3.8) is 0 Å². The van der Waals surface area contributed by atoms with Crippen LogP contribution in [-0.2, 0) is 24.9 Å². The molecule has 2 aromatic rings. The number of morpholine rings is 1. The van der Waals surface area contributed by atoms with Gasteiger partial charge in [-0.15, -0.1) is 10.2 Å². The van der Waals surface area contributed by atoms with Crippen molar-refractivity contribution < 1.29 is 4.74 Å². The van der Waals surface area contributed by atoms with E-state index >= 15 is 0 Å². The minimum atomic E-state index is 0.448. The van der Waals surface area contributed by atoms with E-state index in [0.717, 1.165) is 69.8 Å². The van der Waals surface area contributed by atoms with Crippen LogP contribution in [0.15, 0.2) is 24.4 Å². The number of rotatable bonds is 5. The molecule has 7 heteroatoms. The van der Waals surface area contributed by atoms with Crippen LogP contribution in [0.3, 0.4) is 0 Å². The van der Waals surface area contributed by atoms with Crippen LogP contribution in [0.4, 0.5) is 0 Å². The molecule has 0 saturated carbocycles. The molecule has 4 heterocycles. The van der Waals surface area contributed by atoms with Gasteiger partial charge in [0.25, 0.3) is 0 Å². The van der Waals surface area contributed by atoms with Gasteiger partial charge in [0, 0.05) is 45.3 Å². The molecule has 0 aromatic carbocycles. The van der Waals surface area contributed by atoms with Gasteiger partial charge >= 0.3 is 0 Å². The summed E-state index contributed by atoms with van der Waals surface area (Å²) < 4.78 is 7.65. The molecular formula is C19H28N6O. The topological polar surface area (TPSA) is 59.3 Å². The molecule has 2 aliphatic heterocycles. The largest absolute Gasteiger partial charge is 0.379 e. The zero-order valence-electron chi connectivity index (χ0n) is 15.5. The molecule has 2 aromatic heterocycles. The van der Waals surface area contributed by atoms with Crippen LogP contribution >= 0.6 is 0 Å². The Morgan fingerprint density at radius 3 is 2.77 bits per heavy atom. The molecule has 1 atom stereocenters. The van der Waals surface area contributed by atoms with E-state index in [9.17, 15) is 0 Å². The van der Waals surface area contributed by atoms with Crippen molar-refractivity contribution in [2.45, 2.75) is 31.8 Å². The fraction of sp³-hybridized carbons (Fsp3) is 0.632. The first-order chi connectivity index (χ1) is 12.8. The average molecular weight is 356 g/mol. The van der Waals surface area contributed by atoms with Crippen LogP contribution < -0.4 is 0 Å². The number of pyridine rings is 1. The van der Waals surface area contributed by atoms with Gasteiger partial charge in [-0.25, -0.2) is 0 Å². The third-order valence-corrected chi connectivity index (χ3v) is 5.45. The highest BCUT2D eigenvalue weighted by Crippen LogP contribution is 2.26. The second-order valence-corrected chi connectivity index (χ2v) is 7.32. The molecule has 2 fully saturated rings. The fourth-order valence-corrected chi connectivity index (χ4v) is 3.96. The Hall–Kier alpha value is -1.83. The molecule has 0 unspecified atom stereocenters. The number of hydrogen-bond donors (Lipinski definition) is 0. The van der Waals surface area contributed by atoms with E-state index in [1.165, 1.54) is 12.8 Å². The van der Waals surface area contributed by atoms with Gasteiger partial charge < -0.3 is 9.30 Å². The van der Waals surface area contributed by atoms with E-state index in [2.05, 4.69) is 48.7 Å². The lowest BCUT2D eigenvalue weighted by Gasteiger charge is -2.32. The normalized spacial score (nSPS) is 22.6. The van der Waals surface area contributed by atoms with E-state index in [-0.39, 0.29) is 0 Å². The van der Waals surface area contributed by atoms with Gasteiger partial charge in [-0.3, -0.25) is 14.8 Å². The number of piperidine rings is 1. The SMILES string of the molecule is Cn1c(CN2CCOCC2)nnc1[C@@H]1CCCN(Cc2ccccn2)C1. The van der Waals surface area contributed by atoms with Crippen LogP contribution in [-0.4, -0.2) is 68.9 Å². The minimum Gasteiger partial charge on any atom is -0.379 e. The summed E-state index contributed by atoms with van der Waals surface area (Å²) in [6.45, 7) is 7.51. The molecule has 0 N–H and O–H groups in total. The Balaban J connectivity index is 1.40. The number of likely N-dealkylation sites (tertiary alicyclic amines) is 1. The summed E-state index contributed by atoms with van der Waals surface area (Å²) >= 11 is 0. The first kappa shape index (κ1) is 17.6. The van der Waals surface area contributed by atoms with Gasteiger partial charge in [0.2, 0.25) is 0 Å². The summed E-state index contributed by atoms with van der Waals surface area (Å²) in [5.41, 5.74) is 1.14. The summed E-state index contributed by atoms with van der Waals surface area (Å²) in [5, 5.41) is 9.05. The quantitative estimate of drug-likeness (QED) is 0.808.